The Balaban J connectivity index is 0.00000392. The summed E-state index contributed by atoms with van der Waals surface area (Å²) in [6, 6.07) is 8.08. The first kappa shape index (κ1) is 24.4. The Bertz CT molecular complexity index is 740. The zero-order valence-corrected chi connectivity index (χ0v) is 20.3. The number of nitrogens with one attached hydrogen (secondary N) is 2. The van der Waals surface area contributed by atoms with E-state index in [0.29, 0.717) is 12.3 Å². The van der Waals surface area contributed by atoms with Crippen LogP contribution in [-0.2, 0) is 19.4 Å². The van der Waals surface area contributed by atoms with E-state index >= 15 is 0 Å². The lowest BCUT2D eigenvalue weighted by molar-refractivity contribution is 0.368. The van der Waals surface area contributed by atoms with Gasteiger partial charge in [0.15, 0.2) is 5.96 Å². The smallest absolute Gasteiger partial charge is 0.191 e. The predicted octanol–water partition coefficient (Wildman–Crippen LogP) is 3.86. The molecule has 0 aliphatic rings. The van der Waals surface area contributed by atoms with Crippen molar-refractivity contribution in [2.45, 2.75) is 26.3 Å². The lowest BCUT2D eigenvalue weighted by Crippen LogP contribution is -2.37. The lowest BCUT2D eigenvalue weighted by atomic mass is 10.1. The molecule has 2 aromatic rings. The molecule has 1 aromatic carbocycles. The van der Waals surface area contributed by atoms with Gasteiger partial charge in [-0.25, -0.2) is 0 Å². The molecule has 8 heteroatoms. The molecular formula is C20H30IN3O3S. The molecule has 156 valence electrons. The van der Waals surface area contributed by atoms with E-state index < -0.39 is 0 Å². The molecule has 0 unspecified atom stereocenters. The van der Waals surface area contributed by atoms with Gasteiger partial charge in [0.05, 0.1) is 27.9 Å². The second kappa shape index (κ2) is 12.7. The number of hydrogen-bond acceptors (Lipinski definition) is 5. The van der Waals surface area contributed by atoms with Gasteiger partial charge in [-0.2, -0.15) is 0 Å². The van der Waals surface area contributed by atoms with Crippen molar-refractivity contribution in [3.8, 4) is 17.2 Å². The summed E-state index contributed by atoms with van der Waals surface area (Å²) in [5.74, 6) is 2.98. The molecule has 0 saturated heterocycles. The fraction of sp³-hybridized carbons (Fsp3) is 0.450. The molecule has 2 N–H and O–H groups in total. The van der Waals surface area contributed by atoms with Crippen molar-refractivity contribution >= 4 is 41.3 Å². The van der Waals surface area contributed by atoms with E-state index in [-0.39, 0.29) is 24.0 Å². The highest BCUT2D eigenvalue weighted by Crippen LogP contribution is 2.34. The Hall–Kier alpha value is -1.68. The number of aryl methyl sites for hydroxylation is 1. The van der Waals surface area contributed by atoms with Crippen molar-refractivity contribution in [1.29, 1.82) is 0 Å². The zero-order valence-electron chi connectivity index (χ0n) is 17.1. The maximum Gasteiger partial charge on any atom is 0.191 e. The van der Waals surface area contributed by atoms with Gasteiger partial charge < -0.3 is 24.8 Å². The number of methoxy groups -OCH3 is 3. The van der Waals surface area contributed by atoms with Gasteiger partial charge in [0.2, 0.25) is 0 Å². The average molecular weight is 519 g/mol. The predicted molar refractivity (Wildman–Crippen MR) is 127 cm³/mol. The van der Waals surface area contributed by atoms with E-state index in [1.54, 1.807) is 28.4 Å². The fourth-order valence-corrected chi connectivity index (χ4v) is 3.63. The number of guanidine groups is 1. The minimum atomic E-state index is 0. The van der Waals surface area contributed by atoms with Crippen LogP contribution in [0.3, 0.4) is 0 Å². The molecule has 2 rings (SSSR count). The summed E-state index contributed by atoms with van der Waals surface area (Å²) in [6.07, 6.45) is 1.80. The fourth-order valence-electron chi connectivity index (χ4n) is 2.73. The normalized spacial score (nSPS) is 10.8. The van der Waals surface area contributed by atoms with E-state index in [1.165, 1.54) is 9.75 Å². The van der Waals surface area contributed by atoms with Crippen LogP contribution in [0.15, 0.2) is 29.3 Å². The zero-order chi connectivity index (χ0) is 19.6. The maximum absolute atomic E-state index is 5.50. The quantitative estimate of drug-likeness (QED) is 0.299. The Morgan fingerprint density at radius 1 is 1.00 bits per heavy atom. The van der Waals surface area contributed by atoms with Crippen molar-refractivity contribution in [3.63, 3.8) is 0 Å². The molecule has 0 saturated carbocycles. The highest BCUT2D eigenvalue weighted by Gasteiger charge is 2.13. The van der Waals surface area contributed by atoms with Crippen molar-refractivity contribution in [2.75, 3.05) is 34.9 Å². The van der Waals surface area contributed by atoms with Crippen molar-refractivity contribution in [1.82, 2.24) is 10.6 Å². The van der Waals surface area contributed by atoms with Crippen LogP contribution in [0.4, 0.5) is 0 Å². The standard InChI is InChI=1S/C20H29N3O3S.HI/c1-6-15-7-8-16(27-15)13-23-20(21-2)22-10-9-17-18(25-4)11-14(24-3)12-19(17)26-5;/h7-8,11-12H,6,9-10,13H2,1-5H3,(H2,21,22,23);1H. The minimum Gasteiger partial charge on any atom is -0.496 e. The molecule has 6 nitrogen and oxygen atoms in total. The van der Waals surface area contributed by atoms with Crippen LogP contribution in [-0.4, -0.2) is 40.9 Å². The second-order valence-electron chi connectivity index (χ2n) is 5.83. The SMILES string of the molecule is CCc1ccc(CNC(=NC)NCCc2c(OC)cc(OC)cc2OC)s1.I. The highest BCUT2D eigenvalue weighted by atomic mass is 127. The Labute approximate surface area is 188 Å². The van der Waals surface area contributed by atoms with E-state index in [4.69, 9.17) is 14.2 Å². The van der Waals surface area contributed by atoms with Crippen LogP contribution in [0.5, 0.6) is 17.2 Å². The number of nitrogens with zero attached hydrogens (tertiary/aromatic N) is 1. The number of benzene rings is 1. The molecule has 0 atom stereocenters. The van der Waals surface area contributed by atoms with Crippen LogP contribution >= 0.6 is 35.3 Å². The molecule has 1 heterocycles. The number of hydrogen-bond donors (Lipinski definition) is 2. The Morgan fingerprint density at radius 2 is 1.64 bits per heavy atom. The molecule has 0 spiro atoms. The first-order valence-electron chi connectivity index (χ1n) is 8.96. The highest BCUT2D eigenvalue weighted by molar-refractivity contribution is 14.0. The van der Waals surface area contributed by atoms with Crippen LogP contribution in [0.25, 0.3) is 0 Å². The van der Waals surface area contributed by atoms with Gasteiger partial charge in [0.1, 0.15) is 17.2 Å². The molecule has 0 amide bonds. The van der Waals surface area contributed by atoms with Crippen LogP contribution < -0.4 is 24.8 Å². The number of ether oxygens (including phenoxy) is 3. The van der Waals surface area contributed by atoms with Crippen LogP contribution in [0.2, 0.25) is 0 Å². The summed E-state index contributed by atoms with van der Waals surface area (Å²) in [5, 5.41) is 6.69. The van der Waals surface area contributed by atoms with Gasteiger partial charge in [0, 0.05) is 41.0 Å². The first-order chi connectivity index (χ1) is 13.1. The topological polar surface area (TPSA) is 64.1 Å². The summed E-state index contributed by atoms with van der Waals surface area (Å²) in [4.78, 5) is 6.99. The third-order valence-electron chi connectivity index (χ3n) is 4.20. The summed E-state index contributed by atoms with van der Waals surface area (Å²) in [5.41, 5.74) is 0.995. The molecule has 0 fully saturated rings. The third-order valence-corrected chi connectivity index (χ3v) is 5.43. The van der Waals surface area contributed by atoms with Crippen molar-refractivity contribution in [3.05, 3.63) is 39.6 Å². The molecule has 0 radical (unpaired) electrons. The Morgan fingerprint density at radius 3 is 2.14 bits per heavy atom. The number of halogens is 1. The maximum atomic E-state index is 5.50. The van der Waals surface area contributed by atoms with Crippen molar-refractivity contribution < 1.29 is 14.2 Å². The summed E-state index contributed by atoms with van der Waals surface area (Å²) in [6.45, 7) is 3.63. The van der Waals surface area contributed by atoms with Crippen molar-refractivity contribution in [2.24, 2.45) is 4.99 Å². The molecule has 28 heavy (non-hydrogen) atoms. The van der Waals surface area contributed by atoms with Crippen LogP contribution in [0, 0.1) is 0 Å². The van der Waals surface area contributed by atoms with Gasteiger partial charge in [-0.3, -0.25) is 4.99 Å². The summed E-state index contributed by atoms with van der Waals surface area (Å²) in [7, 11) is 6.70. The minimum absolute atomic E-state index is 0. The van der Waals surface area contributed by atoms with E-state index in [0.717, 1.165) is 42.4 Å². The molecular weight excluding hydrogens is 489 g/mol. The molecule has 0 bridgehead atoms. The second-order valence-corrected chi connectivity index (χ2v) is 7.09. The lowest BCUT2D eigenvalue weighted by Gasteiger charge is -2.16. The third kappa shape index (κ3) is 6.73. The number of thiophene rings is 1. The molecule has 1 aromatic heterocycles. The van der Waals surface area contributed by atoms with E-state index in [1.807, 2.05) is 23.5 Å². The van der Waals surface area contributed by atoms with Gasteiger partial charge in [-0.15, -0.1) is 35.3 Å². The van der Waals surface area contributed by atoms with Gasteiger partial charge >= 0.3 is 0 Å². The van der Waals surface area contributed by atoms with Gasteiger partial charge in [-0.1, -0.05) is 6.92 Å². The van der Waals surface area contributed by atoms with E-state index in [2.05, 4.69) is 34.7 Å². The Kier molecular flexibility index (Phi) is 11.1. The molecule has 0 aliphatic carbocycles. The van der Waals surface area contributed by atoms with Gasteiger partial charge in [-0.05, 0) is 25.0 Å². The molecule has 0 aliphatic heterocycles. The number of aliphatic imine (C=N–C) groups is 1. The van der Waals surface area contributed by atoms with E-state index in [9.17, 15) is 0 Å². The van der Waals surface area contributed by atoms with Gasteiger partial charge in [0.25, 0.3) is 0 Å². The monoisotopic (exact) mass is 519 g/mol. The first-order valence-corrected chi connectivity index (χ1v) is 9.77. The largest absolute Gasteiger partial charge is 0.496 e. The summed E-state index contributed by atoms with van der Waals surface area (Å²) >= 11 is 1.83. The van der Waals surface area contributed by atoms with Crippen LogP contribution in [0.1, 0.15) is 22.2 Å². The number of rotatable bonds is 9. The average Bonchev–Trinajstić information content (AvgIpc) is 3.18. The summed E-state index contributed by atoms with van der Waals surface area (Å²) < 4.78 is 16.3.